The zero-order valence-electron chi connectivity index (χ0n) is 10.2. The van der Waals surface area contributed by atoms with E-state index in [9.17, 15) is 4.79 Å². The van der Waals surface area contributed by atoms with E-state index in [4.69, 9.17) is 0 Å². The van der Waals surface area contributed by atoms with Crippen molar-refractivity contribution in [2.24, 2.45) is 17.3 Å². The smallest absolute Gasteiger partial charge is 0.236 e. The predicted molar refractivity (Wildman–Crippen MR) is 76.3 cm³/mol. The molecule has 1 N–H and O–H groups in total. The number of nitrogens with one attached hydrogen (secondary N) is 1. The lowest BCUT2D eigenvalue weighted by Gasteiger charge is -1.95. The zero-order chi connectivity index (χ0) is 13.2. The summed E-state index contributed by atoms with van der Waals surface area (Å²) in [5.41, 5.74) is 2.91. The van der Waals surface area contributed by atoms with Gasteiger partial charge in [0.15, 0.2) is 5.17 Å². The molecule has 0 unspecified atom stereocenters. The van der Waals surface area contributed by atoms with Gasteiger partial charge in [-0.2, -0.15) is 5.10 Å². The van der Waals surface area contributed by atoms with Gasteiger partial charge in [-0.05, 0) is 17.7 Å². The fourth-order valence-electron chi connectivity index (χ4n) is 1.76. The van der Waals surface area contributed by atoms with Crippen molar-refractivity contribution in [1.82, 2.24) is 14.9 Å². The molecule has 19 heavy (non-hydrogen) atoms. The van der Waals surface area contributed by atoms with Crippen molar-refractivity contribution in [1.29, 1.82) is 0 Å². The number of aryl methyl sites for hydroxylation is 1. The second-order valence-electron chi connectivity index (χ2n) is 4.09. The third-order valence-electron chi connectivity index (χ3n) is 2.69. The van der Waals surface area contributed by atoms with E-state index >= 15 is 0 Å². The number of aromatic nitrogens is 2. The molecule has 2 aromatic rings. The van der Waals surface area contributed by atoms with Gasteiger partial charge >= 0.3 is 0 Å². The van der Waals surface area contributed by atoms with Crippen LogP contribution in [0.3, 0.4) is 0 Å². The van der Waals surface area contributed by atoms with E-state index in [1.54, 1.807) is 12.5 Å². The number of benzene rings is 1. The summed E-state index contributed by atoms with van der Waals surface area (Å²) in [6, 6.07) is 5.89. The van der Waals surface area contributed by atoms with Crippen molar-refractivity contribution in [3.05, 3.63) is 30.1 Å². The molecule has 0 atom stereocenters. The lowest BCUT2D eigenvalue weighted by Crippen LogP contribution is -2.19. The maximum Gasteiger partial charge on any atom is 0.236 e. The Bertz CT molecular complexity index is 703. The van der Waals surface area contributed by atoms with Crippen LogP contribution >= 0.6 is 11.8 Å². The highest BCUT2D eigenvalue weighted by Gasteiger charge is 2.15. The molecule has 0 spiro atoms. The Morgan fingerprint density at radius 3 is 3.21 bits per heavy atom. The quantitative estimate of drug-likeness (QED) is 0.658. The molecule has 96 valence electrons. The number of nitrogens with zero attached hydrogens (tertiary/aromatic N) is 4. The van der Waals surface area contributed by atoms with Crippen molar-refractivity contribution in [2.45, 2.75) is 0 Å². The Morgan fingerprint density at radius 2 is 2.42 bits per heavy atom. The molecule has 2 heterocycles. The largest absolute Gasteiger partial charge is 0.334 e. The zero-order valence-corrected chi connectivity index (χ0v) is 11.0. The minimum absolute atomic E-state index is 0.0335. The van der Waals surface area contributed by atoms with Crippen LogP contribution in [-0.4, -0.2) is 32.6 Å². The van der Waals surface area contributed by atoms with Crippen LogP contribution in [0.5, 0.6) is 0 Å². The van der Waals surface area contributed by atoms with E-state index in [1.165, 1.54) is 11.8 Å². The summed E-state index contributed by atoms with van der Waals surface area (Å²) in [5.74, 6) is 0.377. The molecular formula is C12H11N5OS. The van der Waals surface area contributed by atoms with Crippen molar-refractivity contribution >= 4 is 40.1 Å². The molecule has 6 nitrogen and oxygen atoms in total. The first-order chi connectivity index (χ1) is 9.22. The van der Waals surface area contributed by atoms with E-state index in [0.29, 0.717) is 10.9 Å². The Labute approximate surface area is 113 Å². The number of hydrogen-bond acceptors (Lipinski definition) is 5. The fourth-order valence-corrected chi connectivity index (χ4v) is 2.39. The molecule has 0 saturated carbocycles. The molecule has 0 radical (unpaired) electrons. The van der Waals surface area contributed by atoms with Gasteiger partial charge in [-0.1, -0.05) is 17.8 Å². The minimum Gasteiger partial charge on any atom is -0.334 e. The molecule has 7 heteroatoms. The summed E-state index contributed by atoms with van der Waals surface area (Å²) >= 11 is 1.35. The molecule has 1 aliphatic heterocycles. The van der Waals surface area contributed by atoms with Crippen LogP contribution in [0.4, 0.5) is 0 Å². The Morgan fingerprint density at radius 1 is 1.53 bits per heavy atom. The number of thioether (sulfide) groups is 1. The van der Waals surface area contributed by atoms with Crippen LogP contribution in [0.15, 0.2) is 34.7 Å². The Hall–Kier alpha value is -2.15. The van der Waals surface area contributed by atoms with E-state index in [2.05, 4.69) is 20.5 Å². The van der Waals surface area contributed by atoms with E-state index in [0.717, 1.165) is 16.6 Å². The summed E-state index contributed by atoms with van der Waals surface area (Å²) in [4.78, 5) is 15.2. The third-order valence-corrected chi connectivity index (χ3v) is 3.55. The lowest BCUT2D eigenvalue weighted by atomic mass is 10.2. The van der Waals surface area contributed by atoms with Gasteiger partial charge in [-0.3, -0.25) is 4.79 Å². The van der Waals surface area contributed by atoms with Crippen LogP contribution in [0, 0.1) is 0 Å². The molecular weight excluding hydrogens is 262 g/mol. The van der Waals surface area contributed by atoms with Gasteiger partial charge in [0.25, 0.3) is 0 Å². The minimum atomic E-state index is -0.0335. The normalized spacial score (nSPS) is 17.7. The SMILES string of the molecule is Cn1cnc2cc(C=NN=C3NC(=O)CS3)ccc21. The van der Waals surface area contributed by atoms with E-state index in [-0.39, 0.29) is 5.91 Å². The van der Waals surface area contributed by atoms with Crippen LogP contribution in [0.25, 0.3) is 11.0 Å². The summed E-state index contributed by atoms with van der Waals surface area (Å²) in [6.07, 6.45) is 3.42. The summed E-state index contributed by atoms with van der Waals surface area (Å²) < 4.78 is 1.96. The Kier molecular flexibility index (Phi) is 3.04. The van der Waals surface area contributed by atoms with Crippen LogP contribution in [0.2, 0.25) is 0 Å². The summed E-state index contributed by atoms with van der Waals surface area (Å²) in [7, 11) is 1.95. The summed E-state index contributed by atoms with van der Waals surface area (Å²) in [6.45, 7) is 0. The van der Waals surface area contributed by atoms with Gasteiger partial charge < -0.3 is 9.88 Å². The molecule has 1 fully saturated rings. The number of amidine groups is 1. The van der Waals surface area contributed by atoms with E-state index < -0.39 is 0 Å². The maximum atomic E-state index is 11.0. The van der Waals surface area contributed by atoms with Gasteiger partial charge in [0.05, 0.1) is 29.3 Å². The third kappa shape index (κ3) is 2.50. The monoisotopic (exact) mass is 273 g/mol. The number of carbonyl (C=O) groups excluding carboxylic acids is 1. The van der Waals surface area contributed by atoms with Crippen molar-refractivity contribution in [2.75, 3.05) is 5.75 Å². The second-order valence-corrected chi connectivity index (χ2v) is 5.05. The molecule has 1 saturated heterocycles. The molecule has 0 bridgehead atoms. The van der Waals surface area contributed by atoms with E-state index in [1.807, 2.05) is 29.8 Å². The standard InChI is InChI=1S/C12H11N5OS/c1-17-7-13-9-4-8(2-3-10(9)17)5-14-16-12-15-11(18)6-19-12/h2-5,7H,6H2,1H3,(H,15,16,18). The highest BCUT2D eigenvalue weighted by molar-refractivity contribution is 8.15. The fraction of sp³-hybridized carbons (Fsp3) is 0.167. The van der Waals surface area contributed by atoms with Gasteiger partial charge in [-0.25, -0.2) is 4.98 Å². The topological polar surface area (TPSA) is 71.6 Å². The summed E-state index contributed by atoms with van der Waals surface area (Å²) in [5, 5.41) is 11.1. The average molecular weight is 273 g/mol. The number of fused-ring (bicyclic) bond motifs is 1. The number of rotatable bonds is 2. The van der Waals surface area contributed by atoms with Crippen molar-refractivity contribution in [3.8, 4) is 0 Å². The van der Waals surface area contributed by atoms with Gasteiger partial charge in [-0.15, -0.1) is 5.10 Å². The second kappa shape index (κ2) is 4.85. The highest BCUT2D eigenvalue weighted by Crippen LogP contribution is 2.13. The molecule has 3 rings (SSSR count). The number of carbonyl (C=O) groups is 1. The predicted octanol–water partition coefficient (Wildman–Crippen LogP) is 1.13. The van der Waals surface area contributed by atoms with Crippen LogP contribution < -0.4 is 5.32 Å². The number of imidazole rings is 1. The van der Waals surface area contributed by atoms with Crippen LogP contribution in [-0.2, 0) is 11.8 Å². The van der Waals surface area contributed by atoms with Gasteiger partial charge in [0.2, 0.25) is 5.91 Å². The maximum absolute atomic E-state index is 11.0. The first-order valence-corrected chi connectivity index (χ1v) is 6.66. The number of hydrogen-bond donors (Lipinski definition) is 1. The molecule has 1 amide bonds. The molecule has 0 aliphatic carbocycles. The Balaban J connectivity index is 1.79. The first kappa shape index (κ1) is 11.9. The lowest BCUT2D eigenvalue weighted by molar-refractivity contribution is -0.116. The first-order valence-electron chi connectivity index (χ1n) is 5.67. The van der Waals surface area contributed by atoms with Crippen molar-refractivity contribution < 1.29 is 4.79 Å². The van der Waals surface area contributed by atoms with Crippen molar-refractivity contribution in [3.63, 3.8) is 0 Å². The van der Waals surface area contributed by atoms with Gasteiger partial charge in [0.1, 0.15) is 0 Å². The average Bonchev–Trinajstić information content (AvgIpc) is 2.97. The molecule has 1 aromatic heterocycles. The molecule has 1 aliphatic rings. The molecule has 1 aromatic carbocycles. The number of amides is 1. The van der Waals surface area contributed by atoms with Gasteiger partial charge in [0, 0.05) is 7.05 Å². The van der Waals surface area contributed by atoms with Crippen LogP contribution in [0.1, 0.15) is 5.56 Å². The highest BCUT2D eigenvalue weighted by atomic mass is 32.2.